The van der Waals surface area contributed by atoms with Gasteiger partial charge < -0.3 is 15.0 Å². The summed E-state index contributed by atoms with van der Waals surface area (Å²) < 4.78 is 33.9. The van der Waals surface area contributed by atoms with Crippen LogP contribution in [-0.2, 0) is 11.3 Å². The first-order valence-corrected chi connectivity index (χ1v) is 5.87. The highest BCUT2D eigenvalue weighted by Crippen LogP contribution is 2.24. The molecule has 1 aliphatic heterocycles. The standard InChI is InChI=1S/C12H13F2N3O/c13-7-4-9(14)11-10(5-7)17(12(15)16-11)6-8-2-1-3-18-8/h4-5,8H,1-3,6H2,(H2,15,16). The number of hydrogen-bond acceptors (Lipinski definition) is 3. The molecule has 1 saturated heterocycles. The number of aromatic nitrogens is 2. The third-order valence-corrected chi connectivity index (χ3v) is 3.21. The molecule has 2 aromatic rings. The number of halogens is 2. The van der Waals surface area contributed by atoms with Gasteiger partial charge in [0.05, 0.1) is 18.2 Å². The van der Waals surface area contributed by atoms with E-state index >= 15 is 0 Å². The van der Waals surface area contributed by atoms with Gasteiger partial charge in [0.2, 0.25) is 5.95 Å². The number of anilines is 1. The Morgan fingerprint density at radius 1 is 1.44 bits per heavy atom. The molecule has 96 valence electrons. The Bertz CT molecular complexity index is 591. The third-order valence-electron chi connectivity index (χ3n) is 3.21. The number of nitrogens with two attached hydrogens (primary N) is 1. The van der Waals surface area contributed by atoms with Gasteiger partial charge in [0, 0.05) is 18.7 Å². The Kier molecular flexibility index (Phi) is 2.66. The van der Waals surface area contributed by atoms with Crippen LogP contribution in [-0.4, -0.2) is 22.3 Å². The second-order valence-electron chi connectivity index (χ2n) is 4.47. The zero-order valence-corrected chi connectivity index (χ0v) is 9.70. The molecule has 0 radical (unpaired) electrons. The maximum absolute atomic E-state index is 13.6. The maximum Gasteiger partial charge on any atom is 0.201 e. The second kappa shape index (κ2) is 4.20. The van der Waals surface area contributed by atoms with Crippen molar-refractivity contribution in [3.8, 4) is 0 Å². The summed E-state index contributed by atoms with van der Waals surface area (Å²) in [5, 5.41) is 0. The van der Waals surface area contributed by atoms with Crippen LogP contribution in [0.1, 0.15) is 12.8 Å². The van der Waals surface area contributed by atoms with Gasteiger partial charge >= 0.3 is 0 Å². The van der Waals surface area contributed by atoms with E-state index in [0.717, 1.165) is 25.5 Å². The van der Waals surface area contributed by atoms with E-state index in [4.69, 9.17) is 10.5 Å². The van der Waals surface area contributed by atoms with Gasteiger partial charge in [0.25, 0.3) is 0 Å². The molecule has 1 aromatic carbocycles. The van der Waals surface area contributed by atoms with Crippen LogP contribution in [0.5, 0.6) is 0 Å². The van der Waals surface area contributed by atoms with Gasteiger partial charge in [-0.1, -0.05) is 0 Å². The fraction of sp³-hybridized carbons (Fsp3) is 0.417. The smallest absolute Gasteiger partial charge is 0.201 e. The summed E-state index contributed by atoms with van der Waals surface area (Å²) in [4.78, 5) is 3.94. The van der Waals surface area contributed by atoms with Gasteiger partial charge in [-0.25, -0.2) is 13.8 Å². The van der Waals surface area contributed by atoms with E-state index in [1.54, 1.807) is 4.57 Å². The highest BCUT2D eigenvalue weighted by Gasteiger charge is 2.20. The molecule has 0 aliphatic carbocycles. The number of benzene rings is 1. The summed E-state index contributed by atoms with van der Waals surface area (Å²) in [6, 6.07) is 2.06. The first-order valence-electron chi connectivity index (χ1n) is 5.87. The average Bonchev–Trinajstić information content (AvgIpc) is 2.91. The highest BCUT2D eigenvalue weighted by molar-refractivity contribution is 5.79. The van der Waals surface area contributed by atoms with Gasteiger partial charge in [-0.3, -0.25) is 0 Å². The molecule has 0 saturated carbocycles. The maximum atomic E-state index is 13.6. The number of imidazole rings is 1. The van der Waals surface area contributed by atoms with Gasteiger partial charge in [-0.05, 0) is 12.8 Å². The number of nitrogens with zero attached hydrogens (tertiary/aromatic N) is 2. The number of hydrogen-bond donors (Lipinski definition) is 1. The number of nitrogen functional groups attached to an aromatic ring is 1. The van der Waals surface area contributed by atoms with E-state index in [9.17, 15) is 8.78 Å². The molecule has 2 N–H and O–H groups in total. The van der Waals surface area contributed by atoms with Gasteiger partial charge in [0.1, 0.15) is 11.3 Å². The topological polar surface area (TPSA) is 53.1 Å². The van der Waals surface area contributed by atoms with Crippen molar-refractivity contribution in [1.29, 1.82) is 0 Å². The Labute approximate surface area is 102 Å². The largest absolute Gasteiger partial charge is 0.376 e. The Hall–Kier alpha value is -1.69. The van der Waals surface area contributed by atoms with E-state index in [1.807, 2.05) is 0 Å². The predicted molar refractivity (Wildman–Crippen MR) is 63.0 cm³/mol. The van der Waals surface area contributed by atoms with Crippen LogP contribution < -0.4 is 5.73 Å². The van der Waals surface area contributed by atoms with Crippen molar-refractivity contribution < 1.29 is 13.5 Å². The summed E-state index contributed by atoms with van der Waals surface area (Å²) in [6.07, 6.45) is 1.97. The number of ether oxygens (including phenoxy) is 1. The normalized spacial score (nSPS) is 19.8. The first-order chi connectivity index (χ1) is 8.65. The van der Waals surface area contributed by atoms with Crippen LogP contribution in [0.15, 0.2) is 12.1 Å². The van der Waals surface area contributed by atoms with Crippen LogP contribution in [0.3, 0.4) is 0 Å². The summed E-state index contributed by atoms with van der Waals surface area (Å²) >= 11 is 0. The summed E-state index contributed by atoms with van der Waals surface area (Å²) in [7, 11) is 0. The van der Waals surface area contributed by atoms with Crippen LogP contribution in [0.4, 0.5) is 14.7 Å². The fourth-order valence-corrected chi connectivity index (χ4v) is 2.35. The minimum Gasteiger partial charge on any atom is -0.376 e. The average molecular weight is 253 g/mol. The molecule has 1 aliphatic rings. The third kappa shape index (κ3) is 1.82. The molecule has 1 atom stereocenters. The van der Waals surface area contributed by atoms with Crippen molar-refractivity contribution in [1.82, 2.24) is 9.55 Å². The molecule has 1 fully saturated rings. The number of fused-ring (bicyclic) bond motifs is 1. The van der Waals surface area contributed by atoms with Crippen molar-refractivity contribution in [2.24, 2.45) is 0 Å². The molecule has 0 spiro atoms. The minimum atomic E-state index is -0.692. The van der Waals surface area contributed by atoms with Gasteiger partial charge in [0.15, 0.2) is 5.82 Å². The van der Waals surface area contributed by atoms with Crippen molar-refractivity contribution in [3.05, 3.63) is 23.8 Å². The van der Waals surface area contributed by atoms with E-state index in [2.05, 4.69) is 4.98 Å². The first kappa shape index (κ1) is 11.4. The quantitative estimate of drug-likeness (QED) is 0.891. The summed E-state index contributed by atoms with van der Waals surface area (Å²) in [5.41, 5.74) is 6.24. The molecule has 1 unspecified atom stereocenters. The molecule has 6 heteroatoms. The molecule has 2 heterocycles. The fourth-order valence-electron chi connectivity index (χ4n) is 2.35. The SMILES string of the molecule is Nc1nc2c(F)cc(F)cc2n1CC1CCCO1. The van der Waals surface area contributed by atoms with E-state index < -0.39 is 11.6 Å². The van der Waals surface area contributed by atoms with Crippen molar-refractivity contribution in [3.63, 3.8) is 0 Å². The summed E-state index contributed by atoms with van der Waals surface area (Å²) in [6.45, 7) is 1.20. The highest BCUT2D eigenvalue weighted by atomic mass is 19.1. The zero-order valence-electron chi connectivity index (χ0n) is 9.70. The Morgan fingerprint density at radius 3 is 3.00 bits per heavy atom. The van der Waals surface area contributed by atoms with Gasteiger partial charge in [-0.15, -0.1) is 0 Å². The van der Waals surface area contributed by atoms with Crippen molar-refractivity contribution in [2.75, 3.05) is 12.3 Å². The molecule has 0 amide bonds. The van der Waals surface area contributed by atoms with Gasteiger partial charge in [-0.2, -0.15) is 0 Å². The van der Waals surface area contributed by atoms with Crippen molar-refractivity contribution >= 4 is 17.0 Å². The van der Waals surface area contributed by atoms with E-state index in [1.165, 1.54) is 6.07 Å². The van der Waals surface area contributed by atoms with Crippen LogP contribution in [0, 0.1) is 11.6 Å². The molecule has 3 rings (SSSR count). The molecular formula is C12H13F2N3O. The minimum absolute atomic E-state index is 0.0380. The predicted octanol–water partition coefficient (Wildman–Crippen LogP) is 2.08. The lowest BCUT2D eigenvalue weighted by molar-refractivity contribution is 0.0983. The lowest BCUT2D eigenvalue weighted by Crippen LogP contribution is -2.16. The molecule has 1 aromatic heterocycles. The van der Waals surface area contributed by atoms with Crippen LogP contribution in [0.2, 0.25) is 0 Å². The second-order valence-corrected chi connectivity index (χ2v) is 4.47. The lowest BCUT2D eigenvalue weighted by Gasteiger charge is -2.12. The molecule has 4 nitrogen and oxygen atoms in total. The number of rotatable bonds is 2. The Balaban J connectivity index is 2.06. The summed E-state index contributed by atoms with van der Waals surface area (Å²) in [5.74, 6) is -1.14. The van der Waals surface area contributed by atoms with E-state index in [-0.39, 0.29) is 17.6 Å². The zero-order chi connectivity index (χ0) is 12.7. The monoisotopic (exact) mass is 253 g/mol. The Morgan fingerprint density at radius 2 is 2.28 bits per heavy atom. The lowest BCUT2D eigenvalue weighted by atomic mass is 10.2. The van der Waals surface area contributed by atoms with Crippen LogP contribution >= 0.6 is 0 Å². The molecule has 0 bridgehead atoms. The van der Waals surface area contributed by atoms with E-state index in [0.29, 0.717) is 12.1 Å². The van der Waals surface area contributed by atoms with Crippen LogP contribution in [0.25, 0.3) is 11.0 Å². The molecular weight excluding hydrogens is 240 g/mol. The molecule has 18 heavy (non-hydrogen) atoms. The van der Waals surface area contributed by atoms with Crippen molar-refractivity contribution in [2.45, 2.75) is 25.5 Å².